The quantitative estimate of drug-likeness (QED) is 0.688. The SMILES string of the molecule is Cc1cc(C(=O)OCC(=O)N(Cc2ccccc2)[C@@H]2C=CS(=O)(=O)C2)on1. The normalized spacial score (nSPS) is 17.6. The lowest BCUT2D eigenvalue weighted by Crippen LogP contribution is -2.42. The number of rotatable bonds is 6. The van der Waals surface area contributed by atoms with Crippen LogP contribution in [-0.4, -0.2) is 48.8 Å². The van der Waals surface area contributed by atoms with Crippen molar-refractivity contribution < 1.29 is 27.3 Å². The second kappa shape index (κ2) is 7.75. The topological polar surface area (TPSA) is 107 Å². The predicted octanol–water partition coefficient (Wildman–Crippen LogP) is 1.48. The van der Waals surface area contributed by atoms with Gasteiger partial charge < -0.3 is 14.2 Å². The minimum Gasteiger partial charge on any atom is -0.450 e. The average Bonchev–Trinajstić information content (AvgIpc) is 3.23. The minimum atomic E-state index is -3.34. The highest BCUT2D eigenvalue weighted by Gasteiger charge is 2.31. The molecule has 0 fully saturated rings. The molecule has 0 bridgehead atoms. The molecule has 1 aliphatic heterocycles. The van der Waals surface area contributed by atoms with Crippen LogP contribution in [0.1, 0.15) is 21.8 Å². The van der Waals surface area contributed by atoms with Gasteiger partial charge in [0.05, 0.1) is 17.5 Å². The van der Waals surface area contributed by atoms with Crippen molar-refractivity contribution >= 4 is 21.7 Å². The third-order valence-corrected chi connectivity index (χ3v) is 5.36. The maximum absolute atomic E-state index is 12.7. The molecule has 0 radical (unpaired) electrons. The standard InChI is InChI=1S/C18H18N2O6S/c1-13-9-16(26-19-13)18(22)25-11-17(21)20(10-14-5-3-2-4-6-14)15-7-8-27(23,24)12-15/h2-9,15H,10-12H2,1H3/t15-/m1/s1. The van der Waals surface area contributed by atoms with E-state index in [9.17, 15) is 18.0 Å². The summed E-state index contributed by atoms with van der Waals surface area (Å²) in [5, 5.41) is 4.69. The van der Waals surface area contributed by atoms with Crippen molar-refractivity contribution in [2.45, 2.75) is 19.5 Å². The number of benzene rings is 1. The highest BCUT2D eigenvalue weighted by atomic mass is 32.2. The van der Waals surface area contributed by atoms with Crippen molar-refractivity contribution in [2.24, 2.45) is 0 Å². The summed E-state index contributed by atoms with van der Waals surface area (Å²) in [6, 6.07) is 9.94. The van der Waals surface area contributed by atoms with Crippen molar-refractivity contribution in [1.82, 2.24) is 10.1 Å². The molecule has 0 aliphatic carbocycles. The number of ether oxygens (including phenoxy) is 1. The van der Waals surface area contributed by atoms with Crippen molar-refractivity contribution in [3.05, 3.63) is 64.9 Å². The van der Waals surface area contributed by atoms with Gasteiger partial charge in [-0.1, -0.05) is 35.5 Å². The summed E-state index contributed by atoms with van der Waals surface area (Å²) in [7, 11) is -3.34. The third kappa shape index (κ3) is 4.82. The summed E-state index contributed by atoms with van der Waals surface area (Å²) in [4.78, 5) is 26.0. The number of aryl methyl sites for hydroxylation is 1. The molecule has 0 saturated carbocycles. The zero-order chi connectivity index (χ0) is 19.4. The fraction of sp³-hybridized carbons (Fsp3) is 0.278. The third-order valence-electron chi connectivity index (χ3n) is 3.98. The van der Waals surface area contributed by atoms with Gasteiger partial charge in [-0.2, -0.15) is 0 Å². The molecule has 0 unspecified atom stereocenters. The molecule has 3 rings (SSSR count). The van der Waals surface area contributed by atoms with Gasteiger partial charge in [0.1, 0.15) is 0 Å². The van der Waals surface area contributed by atoms with Gasteiger partial charge in [0.25, 0.3) is 5.91 Å². The maximum atomic E-state index is 12.7. The Bertz CT molecular complexity index is 965. The van der Waals surface area contributed by atoms with Crippen LogP contribution in [0.2, 0.25) is 0 Å². The smallest absolute Gasteiger partial charge is 0.377 e. The molecule has 9 heteroatoms. The molecule has 142 valence electrons. The first kappa shape index (κ1) is 18.8. The number of hydrogen-bond donors (Lipinski definition) is 0. The fourth-order valence-corrected chi connectivity index (χ4v) is 3.96. The fourth-order valence-electron chi connectivity index (χ4n) is 2.66. The van der Waals surface area contributed by atoms with Crippen LogP contribution in [0, 0.1) is 6.92 Å². The predicted molar refractivity (Wildman–Crippen MR) is 95.2 cm³/mol. The molecule has 2 heterocycles. The number of hydrogen-bond acceptors (Lipinski definition) is 7. The zero-order valence-corrected chi connectivity index (χ0v) is 15.4. The van der Waals surface area contributed by atoms with Gasteiger partial charge in [0.15, 0.2) is 16.4 Å². The van der Waals surface area contributed by atoms with Gasteiger partial charge in [-0.05, 0) is 18.6 Å². The number of nitrogens with zero attached hydrogens (tertiary/aromatic N) is 2. The Hall–Kier alpha value is -2.94. The van der Waals surface area contributed by atoms with E-state index in [0.29, 0.717) is 5.69 Å². The Balaban J connectivity index is 1.70. The van der Waals surface area contributed by atoms with E-state index in [0.717, 1.165) is 11.0 Å². The monoisotopic (exact) mass is 390 g/mol. The summed E-state index contributed by atoms with van der Waals surface area (Å²) in [6.07, 6.45) is 1.47. The van der Waals surface area contributed by atoms with E-state index in [2.05, 4.69) is 5.16 Å². The van der Waals surface area contributed by atoms with E-state index in [1.54, 1.807) is 6.92 Å². The first-order valence-corrected chi connectivity index (χ1v) is 9.90. The number of sulfone groups is 1. The minimum absolute atomic E-state index is 0.0988. The van der Waals surface area contributed by atoms with Crippen LogP contribution in [0.15, 0.2) is 52.4 Å². The van der Waals surface area contributed by atoms with Gasteiger partial charge in [-0.15, -0.1) is 0 Å². The van der Waals surface area contributed by atoms with Crippen molar-refractivity contribution in [2.75, 3.05) is 12.4 Å². The number of esters is 1. The van der Waals surface area contributed by atoms with Crippen LogP contribution in [0.4, 0.5) is 0 Å². The molecule has 2 aromatic rings. The summed E-state index contributed by atoms with van der Waals surface area (Å²) in [5.74, 6) is -1.60. The lowest BCUT2D eigenvalue weighted by molar-refractivity contribution is -0.136. The summed E-state index contributed by atoms with van der Waals surface area (Å²) in [5.41, 5.74) is 1.35. The van der Waals surface area contributed by atoms with Gasteiger partial charge in [0, 0.05) is 18.0 Å². The Morgan fingerprint density at radius 3 is 2.63 bits per heavy atom. The first-order chi connectivity index (χ1) is 12.8. The average molecular weight is 390 g/mol. The summed E-state index contributed by atoms with van der Waals surface area (Å²) < 4.78 is 33.3. The highest BCUT2D eigenvalue weighted by Crippen LogP contribution is 2.18. The van der Waals surface area contributed by atoms with Gasteiger partial charge in [0.2, 0.25) is 5.76 Å². The Morgan fingerprint density at radius 1 is 1.30 bits per heavy atom. The molecule has 1 aromatic carbocycles. The summed E-state index contributed by atoms with van der Waals surface area (Å²) in [6.45, 7) is 1.32. The van der Waals surface area contributed by atoms with Gasteiger partial charge in [-0.25, -0.2) is 13.2 Å². The largest absolute Gasteiger partial charge is 0.450 e. The Kier molecular flexibility index (Phi) is 5.41. The number of carbonyl (C=O) groups is 2. The van der Waals surface area contributed by atoms with Gasteiger partial charge >= 0.3 is 5.97 Å². The number of amides is 1. The maximum Gasteiger partial charge on any atom is 0.377 e. The first-order valence-electron chi connectivity index (χ1n) is 8.19. The van der Waals surface area contributed by atoms with Crippen LogP contribution >= 0.6 is 0 Å². The van der Waals surface area contributed by atoms with E-state index in [4.69, 9.17) is 9.26 Å². The van der Waals surface area contributed by atoms with Crippen molar-refractivity contribution in [1.29, 1.82) is 0 Å². The molecule has 1 aliphatic rings. The van der Waals surface area contributed by atoms with Crippen LogP contribution in [-0.2, 0) is 25.9 Å². The molecular weight excluding hydrogens is 372 g/mol. The van der Waals surface area contributed by atoms with E-state index in [1.165, 1.54) is 17.0 Å². The molecule has 0 saturated heterocycles. The molecule has 1 aromatic heterocycles. The highest BCUT2D eigenvalue weighted by molar-refractivity contribution is 7.94. The van der Waals surface area contributed by atoms with Gasteiger partial charge in [-0.3, -0.25) is 4.79 Å². The lowest BCUT2D eigenvalue weighted by Gasteiger charge is -2.27. The number of aromatic nitrogens is 1. The zero-order valence-electron chi connectivity index (χ0n) is 14.6. The van der Waals surface area contributed by atoms with Crippen LogP contribution in [0.25, 0.3) is 0 Å². The van der Waals surface area contributed by atoms with Crippen LogP contribution in [0.5, 0.6) is 0 Å². The second-order valence-electron chi connectivity index (χ2n) is 6.14. The molecular formula is C18H18N2O6S. The number of carbonyl (C=O) groups excluding carboxylic acids is 2. The van der Waals surface area contributed by atoms with Crippen molar-refractivity contribution in [3.63, 3.8) is 0 Å². The second-order valence-corrected chi connectivity index (χ2v) is 8.07. The molecule has 1 amide bonds. The molecule has 8 nitrogen and oxygen atoms in total. The Morgan fingerprint density at radius 2 is 2.04 bits per heavy atom. The molecule has 27 heavy (non-hydrogen) atoms. The Labute approximate surface area is 156 Å². The molecule has 0 spiro atoms. The summed E-state index contributed by atoms with van der Waals surface area (Å²) >= 11 is 0. The van der Waals surface area contributed by atoms with E-state index in [1.807, 2.05) is 30.3 Å². The van der Waals surface area contributed by atoms with Crippen LogP contribution in [0.3, 0.4) is 0 Å². The van der Waals surface area contributed by atoms with E-state index in [-0.39, 0.29) is 18.1 Å². The van der Waals surface area contributed by atoms with E-state index < -0.39 is 34.4 Å². The van der Waals surface area contributed by atoms with E-state index >= 15 is 0 Å². The van der Waals surface area contributed by atoms with Crippen LogP contribution < -0.4 is 0 Å². The lowest BCUT2D eigenvalue weighted by atomic mass is 10.2. The molecule has 1 atom stereocenters. The van der Waals surface area contributed by atoms with Crippen molar-refractivity contribution in [3.8, 4) is 0 Å². The molecule has 0 N–H and O–H groups in total.